The molecular weight excluding hydrogens is 420 g/mol. The minimum atomic E-state index is -2.05. The number of rotatable bonds is 7. The lowest BCUT2D eigenvalue weighted by Crippen LogP contribution is -2.47. The third kappa shape index (κ3) is 5.12. The number of amides is 1. The zero-order chi connectivity index (χ0) is 23.5. The lowest BCUT2D eigenvalue weighted by atomic mass is 9.88. The molecule has 172 valence electrons. The van der Waals surface area contributed by atoms with Crippen molar-refractivity contribution in [3.63, 3.8) is 0 Å². The minimum absolute atomic E-state index is 0.0162. The molecule has 3 rings (SSSR count). The van der Waals surface area contributed by atoms with Gasteiger partial charge in [0.05, 0.1) is 6.54 Å². The molecule has 0 unspecified atom stereocenters. The van der Waals surface area contributed by atoms with Crippen molar-refractivity contribution in [3.8, 4) is 0 Å². The lowest BCUT2D eigenvalue weighted by molar-refractivity contribution is -0.175. The van der Waals surface area contributed by atoms with E-state index in [-0.39, 0.29) is 37.3 Å². The van der Waals surface area contributed by atoms with Gasteiger partial charge in [-0.15, -0.1) is 0 Å². The van der Waals surface area contributed by atoms with Crippen LogP contribution in [0.1, 0.15) is 48.4 Å². The van der Waals surface area contributed by atoms with E-state index in [1.54, 1.807) is 29.2 Å². The second-order valence-electron chi connectivity index (χ2n) is 7.94. The van der Waals surface area contributed by atoms with E-state index in [0.717, 1.165) is 18.1 Å². The topological polar surface area (TPSA) is 96.6 Å². The van der Waals surface area contributed by atoms with Crippen molar-refractivity contribution >= 4 is 11.9 Å². The first-order valence-electron chi connectivity index (χ1n) is 10.4. The molecule has 0 saturated heterocycles. The molecule has 0 radical (unpaired) electrons. The van der Waals surface area contributed by atoms with Crippen molar-refractivity contribution in [3.05, 3.63) is 70.3 Å². The van der Waals surface area contributed by atoms with Crippen LogP contribution < -0.4 is 0 Å². The molecule has 0 fully saturated rings. The van der Waals surface area contributed by atoms with Crippen LogP contribution in [0.3, 0.4) is 0 Å². The number of nitrogens with zero attached hydrogens (tertiary/aromatic N) is 3. The van der Waals surface area contributed by atoms with E-state index in [1.165, 1.54) is 12.1 Å². The van der Waals surface area contributed by atoms with Gasteiger partial charge >= 0.3 is 6.09 Å². The molecule has 0 bridgehead atoms. The Labute approximate surface area is 185 Å². The van der Waals surface area contributed by atoms with Gasteiger partial charge in [0.1, 0.15) is 5.84 Å². The van der Waals surface area contributed by atoms with E-state index >= 15 is 0 Å². The molecule has 9 heteroatoms. The molecule has 1 heterocycles. The summed E-state index contributed by atoms with van der Waals surface area (Å²) in [6.45, 7) is 2.12. The van der Waals surface area contributed by atoms with Gasteiger partial charge < -0.3 is 15.3 Å². The summed E-state index contributed by atoms with van der Waals surface area (Å²) in [5, 5.41) is 33.8. The number of hydrazine groups is 1. The first-order chi connectivity index (χ1) is 15.1. The van der Waals surface area contributed by atoms with Crippen molar-refractivity contribution in [1.29, 1.82) is 0 Å². The van der Waals surface area contributed by atoms with Crippen LogP contribution in [0, 0.1) is 11.6 Å². The average Bonchev–Trinajstić information content (AvgIpc) is 2.74. The highest BCUT2D eigenvalue weighted by Crippen LogP contribution is 2.33. The van der Waals surface area contributed by atoms with Crippen LogP contribution in [0.15, 0.2) is 41.4 Å². The Bertz CT molecular complexity index is 1030. The quantitative estimate of drug-likeness (QED) is 0.559. The van der Waals surface area contributed by atoms with Crippen LogP contribution in [0.5, 0.6) is 0 Å². The van der Waals surface area contributed by atoms with E-state index in [4.69, 9.17) is 0 Å². The van der Waals surface area contributed by atoms with Crippen LogP contribution in [0.2, 0.25) is 0 Å². The normalized spacial score (nSPS) is 15.3. The standard InChI is InChI=1S/C23H27F2N3O4/c1-3-4-11-23(31,32)18-9-5-7-15-14-28(20(12-17(15)18)26-22(29)30)27(2)13-16-8-6-10-19(24)21(16)25/h5-10,31-32H,3-4,11-14H2,1-2H3,(H,29,30). The SMILES string of the molecule is CCCCC(O)(O)c1cccc2c1CC(=NC(=O)O)N(N(C)Cc1cccc(F)c1F)C2. The van der Waals surface area contributed by atoms with Crippen LogP contribution in [0.4, 0.5) is 13.6 Å². The summed E-state index contributed by atoms with van der Waals surface area (Å²) in [5.41, 5.74) is 1.81. The van der Waals surface area contributed by atoms with Gasteiger partial charge in [0.2, 0.25) is 0 Å². The predicted molar refractivity (Wildman–Crippen MR) is 115 cm³/mol. The molecule has 7 nitrogen and oxygen atoms in total. The third-order valence-corrected chi connectivity index (χ3v) is 5.60. The molecule has 32 heavy (non-hydrogen) atoms. The summed E-state index contributed by atoms with van der Waals surface area (Å²) in [4.78, 5) is 15.1. The largest absolute Gasteiger partial charge is 0.463 e. The van der Waals surface area contributed by atoms with Gasteiger partial charge in [-0.05, 0) is 23.6 Å². The van der Waals surface area contributed by atoms with Crippen molar-refractivity contribution in [2.24, 2.45) is 4.99 Å². The third-order valence-electron chi connectivity index (χ3n) is 5.60. The number of fused-ring (bicyclic) bond motifs is 1. The average molecular weight is 447 g/mol. The van der Waals surface area contributed by atoms with Gasteiger partial charge in [0, 0.05) is 37.6 Å². The summed E-state index contributed by atoms with van der Waals surface area (Å²) in [7, 11) is 1.63. The van der Waals surface area contributed by atoms with E-state index in [9.17, 15) is 28.9 Å². The van der Waals surface area contributed by atoms with E-state index < -0.39 is 23.5 Å². The van der Waals surface area contributed by atoms with Crippen LogP contribution in [-0.2, 0) is 25.3 Å². The van der Waals surface area contributed by atoms with E-state index in [0.29, 0.717) is 17.5 Å². The van der Waals surface area contributed by atoms with Crippen LogP contribution >= 0.6 is 0 Å². The molecule has 0 aliphatic carbocycles. The number of hydrogen-bond donors (Lipinski definition) is 3. The fraction of sp³-hybridized carbons (Fsp3) is 0.391. The number of unbranched alkanes of at least 4 members (excludes halogenated alkanes) is 1. The van der Waals surface area contributed by atoms with Gasteiger partial charge in [-0.2, -0.15) is 4.99 Å². The first-order valence-corrected chi connectivity index (χ1v) is 10.4. The van der Waals surface area contributed by atoms with Crippen LogP contribution in [-0.4, -0.2) is 44.3 Å². The van der Waals surface area contributed by atoms with Gasteiger partial charge in [-0.3, -0.25) is 5.01 Å². The number of carbonyl (C=O) groups is 1. The maximum atomic E-state index is 14.2. The molecule has 1 aliphatic heterocycles. The Kier molecular flexibility index (Phi) is 7.22. The number of aliphatic hydroxyl groups is 2. The zero-order valence-corrected chi connectivity index (χ0v) is 18.1. The van der Waals surface area contributed by atoms with Gasteiger partial charge in [0.25, 0.3) is 0 Å². The number of benzene rings is 2. The fourth-order valence-corrected chi connectivity index (χ4v) is 3.95. The van der Waals surface area contributed by atoms with E-state index in [2.05, 4.69) is 4.99 Å². The fourth-order valence-electron chi connectivity index (χ4n) is 3.95. The van der Waals surface area contributed by atoms with Crippen molar-refractivity contribution < 1.29 is 28.9 Å². The maximum Gasteiger partial charge on any atom is 0.432 e. The molecule has 0 aromatic heterocycles. The molecule has 3 N–H and O–H groups in total. The van der Waals surface area contributed by atoms with Crippen molar-refractivity contribution in [1.82, 2.24) is 10.0 Å². The van der Waals surface area contributed by atoms with Crippen molar-refractivity contribution in [2.45, 2.75) is 51.5 Å². The first kappa shape index (κ1) is 23.8. The number of aliphatic imine (C=N–C) groups is 1. The smallest absolute Gasteiger partial charge is 0.432 e. The highest BCUT2D eigenvalue weighted by atomic mass is 19.2. The Morgan fingerprint density at radius 1 is 1.22 bits per heavy atom. The van der Waals surface area contributed by atoms with E-state index in [1.807, 2.05) is 13.0 Å². The summed E-state index contributed by atoms with van der Waals surface area (Å²) in [5.74, 6) is -3.81. The zero-order valence-electron chi connectivity index (χ0n) is 18.1. The lowest BCUT2D eigenvalue weighted by Gasteiger charge is -2.39. The summed E-state index contributed by atoms with van der Waals surface area (Å²) >= 11 is 0. The minimum Gasteiger partial charge on any atom is -0.463 e. The summed E-state index contributed by atoms with van der Waals surface area (Å²) in [6, 6.07) is 9.04. The summed E-state index contributed by atoms with van der Waals surface area (Å²) in [6.07, 6.45) is 0.192. The second kappa shape index (κ2) is 9.72. The Hall–Kier alpha value is -2.88. The Balaban J connectivity index is 1.96. The predicted octanol–water partition coefficient (Wildman–Crippen LogP) is 3.77. The Morgan fingerprint density at radius 3 is 2.62 bits per heavy atom. The molecule has 0 spiro atoms. The second-order valence-corrected chi connectivity index (χ2v) is 7.94. The monoisotopic (exact) mass is 447 g/mol. The van der Waals surface area contributed by atoms with Gasteiger partial charge in [0.15, 0.2) is 17.4 Å². The molecule has 0 saturated carbocycles. The summed E-state index contributed by atoms with van der Waals surface area (Å²) < 4.78 is 27.8. The van der Waals surface area contributed by atoms with Crippen LogP contribution in [0.25, 0.3) is 0 Å². The number of halogens is 2. The Morgan fingerprint density at radius 2 is 1.94 bits per heavy atom. The highest BCUT2D eigenvalue weighted by molar-refractivity contribution is 5.93. The number of hydrogen-bond acceptors (Lipinski definition) is 4. The van der Waals surface area contributed by atoms with Crippen molar-refractivity contribution in [2.75, 3.05) is 7.05 Å². The molecular formula is C23H27F2N3O4. The molecule has 2 aromatic carbocycles. The molecule has 1 amide bonds. The number of amidine groups is 1. The maximum absolute atomic E-state index is 14.2. The molecule has 1 aliphatic rings. The highest BCUT2D eigenvalue weighted by Gasteiger charge is 2.34. The number of carboxylic acid groups (broad SMARTS) is 1. The van der Waals surface area contributed by atoms with Gasteiger partial charge in [-0.1, -0.05) is 43.7 Å². The molecule has 0 atom stereocenters. The molecule has 2 aromatic rings. The van der Waals surface area contributed by atoms with Gasteiger partial charge in [-0.25, -0.2) is 18.6 Å².